The number of para-hydroxylation sites is 1. The molecule has 0 spiro atoms. The summed E-state index contributed by atoms with van der Waals surface area (Å²) >= 11 is 0. The van der Waals surface area contributed by atoms with Gasteiger partial charge >= 0.3 is 0 Å². The Hall–Kier alpha value is -2.13. The first kappa shape index (κ1) is 14.3. The molecule has 0 heterocycles. The second kappa shape index (κ2) is 6.87. The van der Waals surface area contributed by atoms with E-state index < -0.39 is 6.04 Å². The van der Waals surface area contributed by atoms with E-state index in [4.69, 9.17) is 10.5 Å². The van der Waals surface area contributed by atoms with Gasteiger partial charge in [-0.2, -0.15) is 0 Å². The van der Waals surface area contributed by atoms with Crippen molar-refractivity contribution in [3.63, 3.8) is 0 Å². The summed E-state index contributed by atoms with van der Waals surface area (Å²) in [4.78, 5) is 12.4. The summed E-state index contributed by atoms with van der Waals surface area (Å²) in [6.45, 7) is 2.42. The Bertz CT molecular complexity index is 566. The Balaban J connectivity index is 2.14. The van der Waals surface area contributed by atoms with Crippen molar-refractivity contribution < 1.29 is 9.53 Å². The highest BCUT2D eigenvalue weighted by atomic mass is 16.5. The first-order valence-corrected chi connectivity index (χ1v) is 6.78. The van der Waals surface area contributed by atoms with E-state index >= 15 is 0 Å². The van der Waals surface area contributed by atoms with Crippen LogP contribution in [0.3, 0.4) is 0 Å². The minimum absolute atomic E-state index is 0.0853. The van der Waals surface area contributed by atoms with Crippen LogP contribution < -0.4 is 10.5 Å². The van der Waals surface area contributed by atoms with Crippen LogP contribution in [0.5, 0.6) is 5.75 Å². The second-order valence-electron chi connectivity index (χ2n) is 4.59. The van der Waals surface area contributed by atoms with E-state index in [9.17, 15) is 4.79 Å². The third-order valence-electron chi connectivity index (χ3n) is 3.09. The first-order chi connectivity index (χ1) is 9.72. The minimum atomic E-state index is -0.556. The van der Waals surface area contributed by atoms with Crippen LogP contribution in [0.25, 0.3) is 0 Å². The van der Waals surface area contributed by atoms with Gasteiger partial charge in [-0.05, 0) is 31.0 Å². The maximum absolute atomic E-state index is 12.4. The Morgan fingerprint density at radius 3 is 2.45 bits per heavy atom. The molecule has 0 saturated heterocycles. The van der Waals surface area contributed by atoms with Gasteiger partial charge in [0, 0.05) is 0 Å². The number of hydrogen-bond acceptors (Lipinski definition) is 3. The monoisotopic (exact) mass is 269 g/mol. The fourth-order valence-electron chi connectivity index (χ4n) is 2.11. The van der Waals surface area contributed by atoms with Crippen molar-refractivity contribution in [2.24, 2.45) is 5.73 Å². The van der Waals surface area contributed by atoms with Crippen LogP contribution in [0.1, 0.15) is 22.8 Å². The van der Waals surface area contributed by atoms with E-state index in [2.05, 4.69) is 0 Å². The van der Waals surface area contributed by atoms with E-state index in [1.807, 2.05) is 49.4 Å². The van der Waals surface area contributed by atoms with Gasteiger partial charge in [-0.3, -0.25) is 4.79 Å². The number of benzene rings is 2. The lowest BCUT2D eigenvalue weighted by Crippen LogP contribution is -2.33. The van der Waals surface area contributed by atoms with Crippen LogP contribution in [0, 0.1) is 0 Å². The average Bonchev–Trinajstić information content (AvgIpc) is 2.48. The van der Waals surface area contributed by atoms with Crippen molar-refractivity contribution in [1.29, 1.82) is 0 Å². The van der Waals surface area contributed by atoms with E-state index in [-0.39, 0.29) is 5.78 Å². The summed E-state index contributed by atoms with van der Waals surface area (Å²) in [5.41, 5.74) is 7.65. The van der Waals surface area contributed by atoms with Crippen LogP contribution >= 0.6 is 0 Å². The van der Waals surface area contributed by atoms with E-state index in [0.29, 0.717) is 24.3 Å². The lowest BCUT2D eigenvalue weighted by atomic mass is 9.98. The van der Waals surface area contributed by atoms with Gasteiger partial charge in [0.05, 0.1) is 18.2 Å². The van der Waals surface area contributed by atoms with Gasteiger partial charge in [0.25, 0.3) is 0 Å². The van der Waals surface area contributed by atoms with Crippen LogP contribution in [-0.4, -0.2) is 18.4 Å². The molecule has 0 saturated carbocycles. The molecule has 0 aliphatic rings. The fraction of sp³-hybridized carbons (Fsp3) is 0.235. The van der Waals surface area contributed by atoms with Crippen LogP contribution in [0.2, 0.25) is 0 Å². The molecule has 0 aromatic heterocycles. The van der Waals surface area contributed by atoms with Gasteiger partial charge in [-0.15, -0.1) is 0 Å². The molecule has 2 aromatic rings. The molecule has 20 heavy (non-hydrogen) atoms. The minimum Gasteiger partial charge on any atom is -0.493 e. The van der Waals surface area contributed by atoms with Crippen molar-refractivity contribution in [2.75, 3.05) is 6.61 Å². The SMILES string of the molecule is CCOc1ccccc1C(=O)C(N)Cc1ccccc1. The summed E-state index contributed by atoms with van der Waals surface area (Å²) in [7, 11) is 0. The summed E-state index contributed by atoms with van der Waals surface area (Å²) < 4.78 is 5.48. The molecule has 0 amide bonds. The molecule has 2 aromatic carbocycles. The predicted octanol–water partition coefficient (Wildman–Crippen LogP) is 2.84. The third-order valence-corrected chi connectivity index (χ3v) is 3.09. The van der Waals surface area contributed by atoms with Crippen LogP contribution in [-0.2, 0) is 6.42 Å². The highest BCUT2D eigenvalue weighted by Crippen LogP contribution is 2.20. The number of carbonyl (C=O) groups is 1. The number of ketones is 1. The molecule has 0 aliphatic carbocycles. The molecule has 0 aliphatic heterocycles. The summed E-state index contributed by atoms with van der Waals surface area (Å²) in [5.74, 6) is 0.515. The number of carbonyl (C=O) groups excluding carboxylic acids is 1. The number of ether oxygens (including phenoxy) is 1. The van der Waals surface area contributed by atoms with Crippen molar-refractivity contribution in [1.82, 2.24) is 0 Å². The Morgan fingerprint density at radius 2 is 1.75 bits per heavy atom. The van der Waals surface area contributed by atoms with Crippen molar-refractivity contribution >= 4 is 5.78 Å². The van der Waals surface area contributed by atoms with Gasteiger partial charge in [0.2, 0.25) is 0 Å². The number of rotatable bonds is 6. The summed E-state index contributed by atoms with van der Waals surface area (Å²) in [5, 5.41) is 0. The van der Waals surface area contributed by atoms with Crippen molar-refractivity contribution in [3.8, 4) is 5.75 Å². The Morgan fingerprint density at radius 1 is 1.10 bits per heavy atom. The zero-order valence-electron chi connectivity index (χ0n) is 11.6. The van der Waals surface area contributed by atoms with Crippen molar-refractivity contribution in [2.45, 2.75) is 19.4 Å². The zero-order valence-corrected chi connectivity index (χ0v) is 11.6. The van der Waals surface area contributed by atoms with Gasteiger partial charge < -0.3 is 10.5 Å². The highest BCUT2D eigenvalue weighted by Gasteiger charge is 2.19. The number of nitrogens with two attached hydrogens (primary N) is 1. The largest absolute Gasteiger partial charge is 0.493 e. The lowest BCUT2D eigenvalue weighted by Gasteiger charge is -2.14. The maximum atomic E-state index is 12.4. The molecule has 2 N–H and O–H groups in total. The van der Waals surface area contributed by atoms with Crippen LogP contribution in [0.15, 0.2) is 54.6 Å². The van der Waals surface area contributed by atoms with E-state index in [0.717, 1.165) is 5.56 Å². The quantitative estimate of drug-likeness (QED) is 0.820. The fourth-order valence-corrected chi connectivity index (χ4v) is 2.11. The highest BCUT2D eigenvalue weighted by molar-refractivity contribution is 6.02. The van der Waals surface area contributed by atoms with Gasteiger partial charge in [0.1, 0.15) is 5.75 Å². The molecule has 1 atom stereocenters. The lowest BCUT2D eigenvalue weighted by molar-refractivity contribution is 0.0957. The molecule has 3 nitrogen and oxygen atoms in total. The number of hydrogen-bond donors (Lipinski definition) is 1. The van der Waals surface area contributed by atoms with E-state index in [1.165, 1.54) is 0 Å². The van der Waals surface area contributed by atoms with Crippen molar-refractivity contribution in [3.05, 3.63) is 65.7 Å². The molecule has 1 unspecified atom stereocenters. The molecular formula is C17H19NO2. The maximum Gasteiger partial charge on any atom is 0.183 e. The van der Waals surface area contributed by atoms with E-state index in [1.54, 1.807) is 12.1 Å². The average molecular weight is 269 g/mol. The second-order valence-corrected chi connectivity index (χ2v) is 4.59. The van der Waals surface area contributed by atoms with Gasteiger partial charge in [-0.25, -0.2) is 0 Å². The molecule has 0 radical (unpaired) electrons. The van der Waals surface area contributed by atoms with Gasteiger partial charge in [0.15, 0.2) is 5.78 Å². The zero-order chi connectivity index (χ0) is 14.4. The first-order valence-electron chi connectivity index (χ1n) is 6.78. The molecule has 0 bridgehead atoms. The summed E-state index contributed by atoms with van der Waals surface area (Å²) in [6.07, 6.45) is 0.528. The van der Waals surface area contributed by atoms with Gasteiger partial charge in [-0.1, -0.05) is 42.5 Å². The molecule has 104 valence electrons. The topological polar surface area (TPSA) is 52.3 Å². The normalized spacial score (nSPS) is 11.9. The molecule has 3 heteroatoms. The molecule has 0 fully saturated rings. The standard InChI is InChI=1S/C17H19NO2/c1-2-20-16-11-7-6-10-14(16)17(19)15(18)12-13-8-4-3-5-9-13/h3-11,15H,2,12,18H2,1H3. The smallest absolute Gasteiger partial charge is 0.183 e. The van der Waals surface area contributed by atoms with Crippen LogP contribution in [0.4, 0.5) is 0 Å². The molecule has 2 rings (SSSR count). The predicted molar refractivity (Wildman–Crippen MR) is 80.1 cm³/mol. The Kier molecular flexibility index (Phi) is 4.91. The number of Topliss-reactive ketones (excluding diaryl/α,β-unsaturated/α-hetero) is 1. The molecular weight excluding hydrogens is 250 g/mol. The summed E-state index contributed by atoms with van der Waals surface area (Å²) in [6, 6.07) is 16.5. The Labute approximate surface area is 119 Å². The third kappa shape index (κ3) is 3.45.